The number of thiophene rings is 1. The summed E-state index contributed by atoms with van der Waals surface area (Å²) >= 11 is 1.25. The molecule has 1 N–H and O–H groups in total. The first-order chi connectivity index (χ1) is 14.3. The summed E-state index contributed by atoms with van der Waals surface area (Å²) in [6.45, 7) is 7.15. The topological polar surface area (TPSA) is 99.2 Å². The van der Waals surface area contributed by atoms with Crippen LogP contribution in [0, 0.1) is 20.8 Å². The maximum Gasteiger partial charge on any atom is 0.351 e. The van der Waals surface area contributed by atoms with E-state index in [0.29, 0.717) is 16.3 Å². The minimum absolute atomic E-state index is 0.200. The summed E-state index contributed by atoms with van der Waals surface area (Å²) < 4.78 is 12.3. The van der Waals surface area contributed by atoms with Gasteiger partial charge < -0.3 is 13.8 Å². The fraction of sp³-hybridized carbons (Fsp3) is 0.238. The van der Waals surface area contributed by atoms with Gasteiger partial charge in [-0.25, -0.2) is 9.78 Å². The number of pyridine rings is 1. The molecule has 0 aliphatic heterocycles. The van der Waals surface area contributed by atoms with Crippen molar-refractivity contribution >= 4 is 39.3 Å². The number of nitrogens with one attached hydrogen (secondary N) is 1. The molecule has 0 saturated carbocycles. The van der Waals surface area contributed by atoms with E-state index in [-0.39, 0.29) is 5.88 Å². The first-order valence-electron chi connectivity index (χ1n) is 9.32. The van der Waals surface area contributed by atoms with Crippen molar-refractivity contribution in [2.45, 2.75) is 33.8 Å². The van der Waals surface area contributed by atoms with Crippen LogP contribution in [0.5, 0.6) is 0 Å². The van der Waals surface area contributed by atoms with Gasteiger partial charge >= 0.3 is 5.97 Å². The molecule has 0 aliphatic carbocycles. The number of aryl methyl sites for hydroxylation is 3. The molecule has 0 spiro atoms. The lowest BCUT2D eigenvalue weighted by Gasteiger charge is -2.13. The quantitative estimate of drug-likeness (QED) is 0.483. The van der Waals surface area contributed by atoms with Crippen molar-refractivity contribution in [2.24, 2.45) is 0 Å². The number of esters is 1. The number of ether oxygens (including phenoxy) is 1. The van der Waals surface area contributed by atoms with Gasteiger partial charge in [0.15, 0.2) is 6.10 Å². The van der Waals surface area contributed by atoms with Gasteiger partial charge in [-0.1, -0.05) is 5.16 Å². The molecule has 0 aromatic carbocycles. The summed E-state index contributed by atoms with van der Waals surface area (Å²) in [6, 6.07) is 7.32. The molecule has 0 aliphatic rings. The van der Waals surface area contributed by atoms with Gasteiger partial charge in [-0.2, -0.15) is 0 Å². The minimum atomic E-state index is -1.03. The monoisotopic (exact) mass is 424 g/mol. The fourth-order valence-electron chi connectivity index (χ4n) is 3.20. The molecule has 8 nitrogen and oxygen atoms in total. The zero-order chi connectivity index (χ0) is 21.4. The van der Waals surface area contributed by atoms with Crippen LogP contribution in [-0.4, -0.2) is 32.7 Å². The first kappa shape index (κ1) is 19.8. The van der Waals surface area contributed by atoms with Crippen molar-refractivity contribution in [3.63, 3.8) is 0 Å². The molecule has 0 saturated heterocycles. The molecule has 0 fully saturated rings. The molecular weight excluding hydrogens is 404 g/mol. The third kappa shape index (κ3) is 3.71. The first-order valence-corrected chi connectivity index (χ1v) is 10.1. The van der Waals surface area contributed by atoms with Crippen LogP contribution in [0.4, 0.5) is 5.88 Å². The molecule has 4 aromatic heterocycles. The Balaban J connectivity index is 1.65. The Kier molecular flexibility index (Phi) is 5.13. The predicted octanol–water partition coefficient (Wildman–Crippen LogP) is 4.18. The van der Waals surface area contributed by atoms with Gasteiger partial charge in [-0.15, -0.1) is 11.3 Å². The van der Waals surface area contributed by atoms with E-state index in [1.54, 1.807) is 13.0 Å². The Morgan fingerprint density at radius 3 is 2.57 bits per heavy atom. The van der Waals surface area contributed by atoms with Crippen molar-refractivity contribution in [1.82, 2.24) is 14.7 Å². The molecule has 4 aromatic rings. The highest BCUT2D eigenvalue weighted by molar-refractivity contribution is 7.21. The molecule has 4 rings (SSSR count). The van der Waals surface area contributed by atoms with E-state index in [2.05, 4.69) is 15.5 Å². The molecule has 1 unspecified atom stereocenters. The van der Waals surface area contributed by atoms with Gasteiger partial charge in [-0.3, -0.25) is 10.1 Å². The molecule has 30 heavy (non-hydrogen) atoms. The van der Waals surface area contributed by atoms with E-state index in [0.717, 1.165) is 21.5 Å². The van der Waals surface area contributed by atoms with Crippen LogP contribution < -0.4 is 5.32 Å². The number of amides is 1. The lowest BCUT2D eigenvalue weighted by molar-refractivity contribution is -0.123. The number of nitrogens with zero attached hydrogens (tertiary/aromatic N) is 3. The Labute approximate surface area is 176 Å². The zero-order valence-corrected chi connectivity index (χ0v) is 17.7. The van der Waals surface area contributed by atoms with Crippen molar-refractivity contribution in [3.8, 4) is 5.69 Å². The average molecular weight is 424 g/mol. The Bertz CT molecular complexity index is 1240. The second-order valence-corrected chi connectivity index (χ2v) is 8.00. The van der Waals surface area contributed by atoms with E-state index in [1.165, 1.54) is 18.3 Å². The normalized spacial score (nSPS) is 12.1. The van der Waals surface area contributed by atoms with E-state index in [4.69, 9.17) is 9.26 Å². The molecule has 154 valence electrons. The van der Waals surface area contributed by atoms with E-state index in [9.17, 15) is 9.59 Å². The van der Waals surface area contributed by atoms with Crippen molar-refractivity contribution in [3.05, 3.63) is 58.5 Å². The van der Waals surface area contributed by atoms with Crippen LogP contribution in [0.3, 0.4) is 0 Å². The van der Waals surface area contributed by atoms with Crippen molar-refractivity contribution in [1.29, 1.82) is 0 Å². The number of fused-ring (bicyclic) bond motifs is 1. The molecule has 9 heteroatoms. The van der Waals surface area contributed by atoms with Gasteiger partial charge in [0.1, 0.15) is 9.71 Å². The Hall–Kier alpha value is -3.46. The second-order valence-electron chi connectivity index (χ2n) is 7.00. The summed E-state index contributed by atoms with van der Waals surface area (Å²) in [5.41, 5.74) is 3.22. The van der Waals surface area contributed by atoms with Crippen LogP contribution in [0.25, 0.3) is 15.9 Å². The molecule has 1 amide bonds. The summed E-state index contributed by atoms with van der Waals surface area (Å²) in [5, 5.41) is 7.15. The summed E-state index contributed by atoms with van der Waals surface area (Å²) in [5.74, 6) is -0.894. The summed E-state index contributed by atoms with van der Waals surface area (Å²) in [4.78, 5) is 31.1. The second kappa shape index (κ2) is 7.75. The molecule has 4 heterocycles. The number of hydrogen-bond acceptors (Lipinski definition) is 7. The van der Waals surface area contributed by atoms with Crippen LogP contribution in [0.1, 0.15) is 33.5 Å². The number of carbonyl (C=O) groups is 2. The standard InChI is InChI=1S/C21H20N4O4S/c1-11-9-12(2)22-20-16(11)17(25-7-5-6-8-25)18(30-20)21(27)28-14(4)19(26)23-15-10-13(3)24-29-15/h5-10,14H,1-4H3,(H,23,26). The lowest BCUT2D eigenvalue weighted by atomic mass is 10.1. The van der Waals surface area contributed by atoms with Gasteiger partial charge in [0.05, 0.1) is 11.4 Å². The number of aromatic nitrogens is 3. The van der Waals surface area contributed by atoms with E-state index < -0.39 is 18.0 Å². The highest BCUT2D eigenvalue weighted by Crippen LogP contribution is 2.36. The molecular formula is C21H20N4O4S. The Morgan fingerprint density at radius 2 is 1.90 bits per heavy atom. The predicted molar refractivity (Wildman–Crippen MR) is 113 cm³/mol. The van der Waals surface area contributed by atoms with Gasteiger partial charge in [0.2, 0.25) is 5.88 Å². The van der Waals surface area contributed by atoms with Gasteiger partial charge in [0.25, 0.3) is 5.91 Å². The largest absolute Gasteiger partial charge is 0.448 e. The SMILES string of the molecule is Cc1cc(NC(=O)C(C)OC(=O)c2sc3nc(C)cc(C)c3c2-n2cccc2)on1. The van der Waals surface area contributed by atoms with Crippen LogP contribution >= 0.6 is 11.3 Å². The Morgan fingerprint density at radius 1 is 1.17 bits per heavy atom. The maximum absolute atomic E-state index is 13.0. The fourth-order valence-corrected chi connectivity index (χ4v) is 4.38. The van der Waals surface area contributed by atoms with E-state index >= 15 is 0 Å². The number of rotatable bonds is 5. The third-order valence-electron chi connectivity index (χ3n) is 4.54. The smallest absolute Gasteiger partial charge is 0.351 e. The summed E-state index contributed by atoms with van der Waals surface area (Å²) in [7, 11) is 0. The van der Waals surface area contributed by atoms with Gasteiger partial charge in [-0.05, 0) is 51.5 Å². The average Bonchev–Trinajstić information content (AvgIpc) is 3.40. The van der Waals surface area contributed by atoms with Crippen LogP contribution in [0.2, 0.25) is 0 Å². The van der Waals surface area contributed by atoms with E-state index in [1.807, 2.05) is 49.0 Å². The maximum atomic E-state index is 13.0. The number of hydrogen-bond donors (Lipinski definition) is 1. The molecule has 0 radical (unpaired) electrons. The highest BCUT2D eigenvalue weighted by atomic mass is 32.1. The van der Waals surface area contributed by atoms with Gasteiger partial charge in [0, 0.05) is 29.5 Å². The highest BCUT2D eigenvalue weighted by Gasteiger charge is 2.27. The molecule has 1 atom stereocenters. The minimum Gasteiger partial charge on any atom is -0.448 e. The third-order valence-corrected chi connectivity index (χ3v) is 5.59. The van der Waals surface area contributed by atoms with Crippen LogP contribution in [0.15, 0.2) is 41.2 Å². The number of carbonyl (C=O) groups excluding carboxylic acids is 2. The molecule has 0 bridgehead atoms. The van der Waals surface area contributed by atoms with Crippen molar-refractivity contribution in [2.75, 3.05) is 5.32 Å². The zero-order valence-electron chi connectivity index (χ0n) is 16.9. The lowest BCUT2D eigenvalue weighted by Crippen LogP contribution is -2.29. The van der Waals surface area contributed by atoms with Crippen molar-refractivity contribution < 1.29 is 18.8 Å². The number of anilines is 1. The van der Waals surface area contributed by atoms with Crippen LogP contribution in [-0.2, 0) is 9.53 Å². The summed E-state index contributed by atoms with van der Waals surface area (Å²) in [6.07, 6.45) is 2.70.